The molecule has 1 saturated heterocycles. The second kappa shape index (κ2) is 6.89. The van der Waals surface area contributed by atoms with Gasteiger partial charge < -0.3 is 15.0 Å². The number of amides is 1. The van der Waals surface area contributed by atoms with E-state index in [-0.39, 0.29) is 11.9 Å². The van der Waals surface area contributed by atoms with Crippen LogP contribution in [0.5, 0.6) is 0 Å². The number of hydrogen-bond acceptors (Lipinski definition) is 2. The minimum Gasteiger partial charge on any atom is -0.370 e. The fraction of sp³-hybridized carbons (Fsp3) is 0.500. The van der Waals surface area contributed by atoms with Gasteiger partial charge in [0.1, 0.15) is 13.1 Å². The Labute approximate surface area is 118 Å². The van der Waals surface area contributed by atoms with Crippen molar-refractivity contribution in [1.82, 2.24) is 5.32 Å². The largest absolute Gasteiger partial charge is 0.370 e. The molecule has 5 heteroatoms. The molecule has 1 aromatic rings. The lowest BCUT2D eigenvalue weighted by Gasteiger charge is -2.24. The lowest BCUT2D eigenvalue weighted by Crippen LogP contribution is -3.15. The fourth-order valence-corrected chi connectivity index (χ4v) is 2.41. The van der Waals surface area contributed by atoms with Crippen molar-refractivity contribution in [2.75, 3.05) is 32.8 Å². The minimum atomic E-state index is -0.0216. The highest BCUT2D eigenvalue weighted by Gasteiger charge is 2.19. The first kappa shape index (κ1) is 14.3. The van der Waals surface area contributed by atoms with E-state index in [4.69, 9.17) is 16.3 Å². The summed E-state index contributed by atoms with van der Waals surface area (Å²) in [5.41, 5.74) is 1.03. The van der Waals surface area contributed by atoms with Crippen LogP contribution in [0, 0.1) is 0 Å². The Kier molecular flexibility index (Phi) is 5.19. The molecule has 0 unspecified atom stereocenters. The Morgan fingerprint density at radius 2 is 2.21 bits per heavy atom. The normalized spacial score (nSPS) is 18.0. The molecule has 1 aromatic carbocycles. The molecular weight excluding hydrogens is 264 g/mol. The molecular formula is C14H20ClN2O2+. The number of carbonyl (C=O) groups is 1. The highest BCUT2D eigenvalue weighted by atomic mass is 35.5. The summed E-state index contributed by atoms with van der Waals surface area (Å²) >= 11 is 5.95. The molecule has 104 valence electrons. The molecule has 4 nitrogen and oxygen atoms in total. The van der Waals surface area contributed by atoms with Crippen molar-refractivity contribution < 1.29 is 14.4 Å². The van der Waals surface area contributed by atoms with E-state index in [2.05, 4.69) is 5.32 Å². The third kappa shape index (κ3) is 4.49. The predicted molar refractivity (Wildman–Crippen MR) is 74.4 cm³/mol. The minimum absolute atomic E-state index is 0.0216. The van der Waals surface area contributed by atoms with Crippen LogP contribution in [0.1, 0.15) is 18.5 Å². The smallest absolute Gasteiger partial charge is 0.275 e. The molecule has 0 saturated carbocycles. The third-order valence-corrected chi connectivity index (χ3v) is 3.57. The molecule has 1 fully saturated rings. The van der Waals surface area contributed by atoms with Crippen LogP contribution in [0.4, 0.5) is 0 Å². The van der Waals surface area contributed by atoms with Crippen LogP contribution < -0.4 is 10.2 Å². The first-order valence-corrected chi connectivity index (χ1v) is 6.99. The van der Waals surface area contributed by atoms with Crippen LogP contribution in [-0.2, 0) is 9.53 Å². The summed E-state index contributed by atoms with van der Waals surface area (Å²) in [4.78, 5) is 13.3. The molecule has 0 bridgehead atoms. The summed E-state index contributed by atoms with van der Waals surface area (Å²) in [6.07, 6.45) is 0. The lowest BCUT2D eigenvalue weighted by atomic mass is 10.1. The molecule has 2 N–H and O–H groups in total. The molecule has 1 atom stereocenters. The van der Waals surface area contributed by atoms with Gasteiger partial charge in [0.25, 0.3) is 5.91 Å². The van der Waals surface area contributed by atoms with Crippen LogP contribution in [-0.4, -0.2) is 38.8 Å². The highest BCUT2D eigenvalue weighted by molar-refractivity contribution is 6.30. The second-order valence-electron chi connectivity index (χ2n) is 4.88. The first-order valence-electron chi connectivity index (χ1n) is 6.61. The number of quaternary nitrogens is 1. The van der Waals surface area contributed by atoms with E-state index < -0.39 is 0 Å². The fourth-order valence-electron chi connectivity index (χ4n) is 2.22. The van der Waals surface area contributed by atoms with Gasteiger partial charge in [-0.1, -0.05) is 23.7 Å². The quantitative estimate of drug-likeness (QED) is 0.842. The summed E-state index contributed by atoms with van der Waals surface area (Å²) in [6, 6.07) is 7.56. The van der Waals surface area contributed by atoms with E-state index in [0.717, 1.165) is 31.9 Å². The summed E-state index contributed by atoms with van der Waals surface area (Å²) in [5.74, 6) is 0.0735. The van der Waals surface area contributed by atoms with Crippen molar-refractivity contribution in [3.63, 3.8) is 0 Å². The van der Waals surface area contributed by atoms with Crippen LogP contribution in [0.3, 0.4) is 0 Å². The van der Waals surface area contributed by atoms with Gasteiger partial charge in [-0.2, -0.15) is 0 Å². The van der Waals surface area contributed by atoms with Crippen molar-refractivity contribution in [2.24, 2.45) is 0 Å². The van der Waals surface area contributed by atoms with Crippen molar-refractivity contribution in [3.05, 3.63) is 34.9 Å². The van der Waals surface area contributed by atoms with Gasteiger partial charge in [-0.15, -0.1) is 0 Å². The topological polar surface area (TPSA) is 42.8 Å². The summed E-state index contributed by atoms with van der Waals surface area (Å²) in [7, 11) is 0. The number of carbonyl (C=O) groups excluding carboxylic acids is 1. The second-order valence-corrected chi connectivity index (χ2v) is 5.32. The van der Waals surface area contributed by atoms with Crippen LogP contribution in [0.25, 0.3) is 0 Å². The number of rotatable bonds is 4. The number of nitrogens with one attached hydrogen (secondary N) is 2. The molecule has 0 aromatic heterocycles. The van der Waals surface area contributed by atoms with E-state index >= 15 is 0 Å². The van der Waals surface area contributed by atoms with Gasteiger partial charge >= 0.3 is 0 Å². The molecule has 0 radical (unpaired) electrons. The Hall–Kier alpha value is -1.10. The number of hydrogen-bond donors (Lipinski definition) is 2. The van der Waals surface area contributed by atoms with Gasteiger partial charge in [0.15, 0.2) is 6.54 Å². The summed E-state index contributed by atoms with van der Waals surface area (Å²) in [5, 5.41) is 3.70. The summed E-state index contributed by atoms with van der Waals surface area (Å²) < 4.78 is 5.28. The average Bonchev–Trinajstić information content (AvgIpc) is 2.39. The zero-order valence-corrected chi connectivity index (χ0v) is 11.9. The van der Waals surface area contributed by atoms with Crippen molar-refractivity contribution >= 4 is 17.5 Å². The van der Waals surface area contributed by atoms with Crippen LogP contribution >= 0.6 is 11.6 Å². The number of benzene rings is 1. The van der Waals surface area contributed by atoms with Crippen molar-refractivity contribution in [3.8, 4) is 0 Å². The van der Waals surface area contributed by atoms with E-state index in [1.807, 2.05) is 31.2 Å². The van der Waals surface area contributed by atoms with Gasteiger partial charge in [-0.25, -0.2) is 0 Å². The SMILES string of the molecule is C[C@H](NC(=O)C[NH+]1CCOCC1)c1cccc(Cl)c1. The maximum atomic E-state index is 12.0. The monoisotopic (exact) mass is 283 g/mol. The molecule has 19 heavy (non-hydrogen) atoms. The number of ether oxygens (including phenoxy) is 1. The maximum absolute atomic E-state index is 12.0. The lowest BCUT2D eigenvalue weighted by molar-refractivity contribution is -0.900. The Balaban J connectivity index is 1.84. The average molecular weight is 284 g/mol. The first-order chi connectivity index (χ1) is 9.15. The van der Waals surface area contributed by atoms with Gasteiger partial charge in [0.2, 0.25) is 0 Å². The van der Waals surface area contributed by atoms with E-state index in [1.54, 1.807) is 0 Å². The zero-order valence-electron chi connectivity index (χ0n) is 11.1. The molecule has 1 aliphatic heterocycles. The zero-order chi connectivity index (χ0) is 13.7. The standard InChI is InChI=1S/C14H19ClN2O2/c1-11(12-3-2-4-13(15)9-12)16-14(18)10-17-5-7-19-8-6-17/h2-4,9,11H,5-8,10H2,1H3,(H,16,18)/p+1/t11-/m0/s1. The molecule has 0 aliphatic carbocycles. The summed E-state index contributed by atoms with van der Waals surface area (Å²) in [6.45, 7) is 5.77. The Morgan fingerprint density at radius 3 is 2.89 bits per heavy atom. The van der Waals surface area contributed by atoms with Crippen molar-refractivity contribution in [1.29, 1.82) is 0 Å². The van der Waals surface area contributed by atoms with Crippen LogP contribution in [0.15, 0.2) is 24.3 Å². The van der Waals surface area contributed by atoms with Gasteiger partial charge in [-0.3, -0.25) is 4.79 Å². The van der Waals surface area contributed by atoms with Gasteiger partial charge in [0.05, 0.1) is 19.3 Å². The third-order valence-electron chi connectivity index (χ3n) is 3.34. The van der Waals surface area contributed by atoms with Gasteiger partial charge in [0, 0.05) is 5.02 Å². The van der Waals surface area contributed by atoms with Gasteiger partial charge in [-0.05, 0) is 24.6 Å². The Bertz CT molecular complexity index is 433. The number of morpholine rings is 1. The van der Waals surface area contributed by atoms with E-state index in [1.165, 1.54) is 4.90 Å². The molecule has 1 aliphatic rings. The molecule has 1 amide bonds. The van der Waals surface area contributed by atoms with E-state index in [0.29, 0.717) is 11.6 Å². The predicted octanol–water partition coefficient (Wildman–Crippen LogP) is 0.432. The molecule has 1 heterocycles. The molecule has 0 spiro atoms. The van der Waals surface area contributed by atoms with Crippen molar-refractivity contribution in [2.45, 2.75) is 13.0 Å². The maximum Gasteiger partial charge on any atom is 0.275 e. The number of halogens is 1. The Morgan fingerprint density at radius 1 is 1.47 bits per heavy atom. The highest BCUT2D eigenvalue weighted by Crippen LogP contribution is 2.16. The van der Waals surface area contributed by atoms with E-state index in [9.17, 15) is 4.79 Å². The van der Waals surface area contributed by atoms with Crippen LogP contribution in [0.2, 0.25) is 5.02 Å². The molecule has 2 rings (SSSR count).